The van der Waals surface area contributed by atoms with Crippen LogP contribution in [0, 0.1) is 6.92 Å². The van der Waals surface area contributed by atoms with E-state index in [0.29, 0.717) is 6.04 Å². The molecule has 1 N–H and O–H groups in total. The number of anilines is 2. The van der Waals surface area contributed by atoms with Crippen LogP contribution in [0.4, 0.5) is 11.5 Å². The summed E-state index contributed by atoms with van der Waals surface area (Å²) >= 11 is 1.74. The van der Waals surface area contributed by atoms with Gasteiger partial charge in [0.25, 0.3) is 0 Å². The number of aryl methyl sites for hydroxylation is 1. The summed E-state index contributed by atoms with van der Waals surface area (Å²) in [6.07, 6.45) is 4.56. The van der Waals surface area contributed by atoms with Crippen LogP contribution in [-0.2, 0) is 0 Å². The Kier molecular flexibility index (Phi) is 4.43. The molecule has 0 radical (unpaired) electrons. The van der Waals surface area contributed by atoms with Crippen LogP contribution < -0.4 is 10.2 Å². The van der Waals surface area contributed by atoms with Crippen LogP contribution in [0.1, 0.15) is 30.5 Å². The molecule has 0 amide bonds. The van der Waals surface area contributed by atoms with Crippen LogP contribution in [0.2, 0.25) is 0 Å². The van der Waals surface area contributed by atoms with E-state index in [2.05, 4.69) is 83.5 Å². The summed E-state index contributed by atoms with van der Waals surface area (Å²) in [7, 11) is 2.10. The van der Waals surface area contributed by atoms with E-state index >= 15 is 0 Å². The van der Waals surface area contributed by atoms with Crippen molar-refractivity contribution < 1.29 is 0 Å². The Balaban J connectivity index is 1.40. The van der Waals surface area contributed by atoms with Crippen LogP contribution >= 0.6 is 11.3 Å². The van der Waals surface area contributed by atoms with Crippen molar-refractivity contribution in [2.45, 2.75) is 32.4 Å². The lowest BCUT2D eigenvalue weighted by molar-refractivity contribution is 0.531. The number of fused-ring (bicyclic) bond motifs is 2. The van der Waals surface area contributed by atoms with Crippen molar-refractivity contribution in [1.29, 1.82) is 0 Å². The maximum absolute atomic E-state index is 4.79. The monoisotopic (exact) mass is 401 g/mol. The zero-order valence-electron chi connectivity index (χ0n) is 16.8. The number of hydrogen-bond acceptors (Lipinski definition) is 6. The lowest BCUT2D eigenvalue weighted by Crippen LogP contribution is -2.38. The van der Waals surface area contributed by atoms with Gasteiger partial charge in [-0.15, -0.1) is 11.3 Å². The highest BCUT2D eigenvalue weighted by Crippen LogP contribution is 2.37. The number of rotatable bonds is 3. The number of nitrogens with zero attached hydrogens (tertiary/aromatic N) is 4. The van der Waals surface area contributed by atoms with Crippen LogP contribution in [0.3, 0.4) is 0 Å². The molecule has 0 saturated carbocycles. The molecule has 4 aromatic rings. The molecular formula is C23H23N5S. The predicted octanol–water partition coefficient (Wildman–Crippen LogP) is 5.44. The van der Waals surface area contributed by atoms with Crippen molar-refractivity contribution in [3.63, 3.8) is 0 Å². The van der Waals surface area contributed by atoms with Crippen LogP contribution in [-0.4, -0.2) is 28.0 Å². The Bertz CT molecular complexity index is 1170. The van der Waals surface area contributed by atoms with Crippen molar-refractivity contribution in [1.82, 2.24) is 15.0 Å². The van der Waals surface area contributed by atoms with E-state index in [0.717, 1.165) is 39.6 Å². The Morgan fingerprint density at radius 2 is 1.97 bits per heavy atom. The van der Waals surface area contributed by atoms with Crippen molar-refractivity contribution in [3.8, 4) is 10.6 Å². The van der Waals surface area contributed by atoms with Crippen LogP contribution in [0.5, 0.6) is 0 Å². The van der Waals surface area contributed by atoms with Crippen molar-refractivity contribution >= 4 is 33.1 Å². The number of thiazole rings is 1. The molecule has 1 aliphatic rings. The van der Waals surface area contributed by atoms with Gasteiger partial charge in [-0.2, -0.15) is 0 Å². The fraction of sp³-hybridized carbons (Fsp3) is 0.261. The summed E-state index contributed by atoms with van der Waals surface area (Å²) in [5.74, 6) is 1.01. The summed E-state index contributed by atoms with van der Waals surface area (Å²) in [6.45, 7) is 4.35. The standard InChI is InChI=1S/C23H23N5S/c1-14-4-9-19-21(10-14)29-23(27-19)16-5-7-17(8-6-16)26-20-11-15(2)28(3)22-18(20)12-24-13-25-22/h4-10,12-13,15,20,26H,11H2,1-3H3. The molecule has 0 fully saturated rings. The minimum atomic E-state index is 0.202. The van der Waals surface area contributed by atoms with E-state index in [1.165, 1.54) is 10.3 Å². The number of benzene rings is 2. The zero-order valence-corrected chi connectivity index (χ0v) is 17.6. The molecule has 0 aliphatic carbocycles. The maximum atomic E-state index is 4.79. The first-order valence-electron chi connectivity index (χ1n) is 9.85. The molecule has 2 atom stereocenters. The predicted molar refractivity (Wildman–Crippen MR) is 121 cm³/mol. The molecule has 0 saturated heterocycles. The van der Waals surface area contributed by atoms with Gasteiger partial charge in [0, 0.05) is 36.1 Å². The largest absolute Gasteiger partial charge is 0.378 e. The lowest BCUT2D eigenvalue weighted by atomic mass is 9.95. The van der Waals surface area contributed by atoms with Gasteiger partial charge in [0.2, 0.25) is 0 Å². The van der Waals surface area contributed by atoms with E-state index in [-0.39, 0.29) is 6.04 Å². The van der Waals surface area contributed by atoms with Crippen LogP contribution in [0.25, 0.3) is 20.8 Å². The fourth-order valence-corrected chi connectivity index (χ4v) is 4.98. The van der Waals surface area contributed by atoms with Gasteiger partial charge in [-0.05, 0) is 62.2 Å². The quantitative estimate of drug-likeness (QED) is 0.495. The van der Waals surface area contributed by atoms with Gasteiger partial charge < -0.3 is 10.2 Å². The lowest BCUT2D eigenvalue weighted by Gasteiger charge is -2.37. The van der Waals surface area contributed by atoms with Gasteiger partial charge in [-0.25, -0.2) is 15.0 Å². The Labute approximate surface area is 174 Å². The zero-order chi connectivity index (χ0) is 20.0. The van der Waals surface area contributed by atoms with Crippen molar-refractivity contribution in [3.05, 3.63) is 66.1 Å². The second-order valence-electron chi connectivity index (χ2n) is 7.76. The minimum Gasteiger partial charge on any atom is -0.378 e. The summed E-state index contributed by atoms with van der Waals surface area (Å²) in [6, 6.07) is 15.6. The molecule has 2 aromatic carbocycles. The normalized spacial score (nSPS) is 18.7. The molecule has 2 aromatic heterocycles. The molecule has 2 unspecified atom stereocenters. The highest BCUT2D eigenvalue weighted by molar-refractivity contribution is 7.21. The molecule has 3 heterocycles. The fourth-order valence-electron chi connectivity index (χ4n) is 3.91. The molecule has 146 valence electrons. The third kappa shape index (κ3) is 3.34. The van der Waals surface area contributed by atoms with E-state index in [4.69, 9.17) is 4.98 Å². The van der Waals surface area contributed by atoms with E-state index < -0.39 is 0 Å². The molecule has 0 bridgehead atoms. The minimum absolute atomic E-state index is 0.202. The topological polar surface area (TPSA) is 53.9 Å². The molecule has 1 aliphatic heterocycles. The third-order valence-corrected chi connectivity index (χ3v) is 6.75. The van der Waals surface area contributed by atoms with E-state index in [1.54, 1.807) is 17.7 Å². The molecule has 6 heteroatoms. The van der Waals surface area contributed by atoms with Crippen molar-refractivity contribution in [2.24, 2.45) is 0 Å². The van der Waals surface area contributed by atoms with Gasteiger partial charge in [-0.3, -0.25) is 0 Å². The van der Waals surface area contributed by atoms with E-state index in [1.807, 2.05) is 6.20 Å². The first kappa shape index (κ1) is 18.1. The second-order valence-corrected chi connectivity index (χ2v) is 8.79. The summed E-state index contributed by atoms with van der Waals surface area (Å²) < 4.78 is 1.24. The van der Waals surface area contributed by atoms with E-state index in [9.17, 15) is 0 Å². The number of hydrogen-bond donors (Lipinski definition) is 1. The molecular weight excluding hydrogens is 378 g/mol. The van der Waals surface area contributed by atoms with Crippen LogP contribution in [0.15, 0.2) is 55.0 Å². The third-order valence-electron chi connectivity index (χ3n) is 5.68. The van der Waals surface area contributed by atoms with Gasteiger partial charge in [-0.1, -0.05) is 6.07 Å². The number of nitrogens with one attached hydrogen (secondary N) is 1. The highest BCUT2D eigenvalue weighted by atomic mass is 32.1. The second kappa shape index (κ2) is 7.12. The van der Waals surface area contributed by atoms with Gasteiger partial charge in [0.1, 0.15) is 17.2 Å². The Morgan fingerprint density at radius 3 is 2.79 bits per heavy atom. The molecule has 5 nitrogen and oxygen atoms in total. The number of aromatic nitrogens is 3. The maximum Gasteiger partial charge on any atom is 0.137 e. The SMILES string of the molecule is Cc1ccc2nc(-c3ccc(NC4CC(C)N(C)c5ncncc54)cc3)sc2c1. The summed E-state index contributed by atoms with van der Waals surface area (Å²) in [5.41, 5.74) is 5.73. The smallest absolute Gasteiger partial charge is 0.137 e. The molecule has 5 rings (SSSR count). The first-order chi connectivity index (χ1) is 14.1. The molecule has 0 spiro atoms. The summed E-state index contributed by atoms with van der Waals surface area (Å²) in [4.78, 5) is 15.8. The molecule has 29 heavy (non-hydrogen) atoms. The average molecular weight is 402 g/mol. The van der Waals surface area contributed by atoms with Gasteiger partial charge in [0.15, 0.2) is 0 Å². The van der Waals surface area contributed by atoms with Gasteiger partial charge >= 0.3 is 0 Å². The van der Waals surface area contributed by atoms with Crippen molar-refractivity contribution in [2.75, 3.05) is 17.3 Å². The van der Waals surface area contributed by atoms with Gasteiger partial charge in [0.05, 0.1) is 16.3 Å². The summed E-state index contributed by atoms with van der Waals surface area (Å²) in [5, 5.41) is 4.74. The first-order valence-corrected chi connectivity index (χ1v) is 10.7. The Morgan fingerprint density at radius 1 is 1.14 bits per heavy atom. The average Bonchev–Trinajstić information content (AvgIpc) is 3.15. The highest BCUT2D eigenvalue weighted by Gasteiger charge is 2.29. The Hall–Kier alpha value is -2.99.